The van der Waals surface area contributed by atoms with Crippen molar-refractivity contribution in [2.24, 2.45) is 0 Å². The molecule has 1 amide bonds. The molecule has 220 valence electrons. The van der Waals surface area contributed by atoms with Gasteiger partial charge < -0.3 is 29.0 Å². The van der Waals surface area contributed by atoms with Crippen molar-refractivity contribution in [3.63, 3.8) is 0 Å². The number of morpholine rings is 1. The summed E-state index contributed by atoms with van der Waals surface area (Å²) in [5, 5.41) is 11.5. The lowest BCUT2D eigenvalue weighted by atomic mass is 9.94. The number of ketones is 1. The van der Waals surface area contributed by atoms with Gasteiger partial charge in [-0.05, 0) is 61.2 Å². The third-order valence-electron chi connectivity index (χ3n) is 7.29. The maximum atomic E-state index is 13.5. The molecule has 2 aromatic rings. The highest BCUT2D eigenvalue weighted by Crippen LogP contribution is 2.42. The molecule has 0 spiro atoms. The van der Waals surface area contributed by atoms with E-state index in [0.717, 1.165) is 31.6 Å². The molecule has 2 aliphatic rings. The minimum Gasteiger partial charge on any atom is -0.507 e. The van der Waals surface area contributed by atoms with Gasteiger partial charge in [-0.25, -0.2) is 0 Å². The number of carbonyl (C=O) groups excluding carboxylic acids is 2. The number of aryl methyl sites for hydroxylation is 1. The Morgan fingerprint density at radius 3 is 2.51 bits per heavy atom. The lowest BCUT2D eigenvalue weighted by Gasteiger charge is -2.29. The van der Waals surface area contributed by atoms with E-state index in [1.165, 1.54) is 7.11 Å². The van der Waals surface area contributed by atoms with Crippen LogP contribution in [0.5, 0.6) is 17.2 Å². The summed E-state index contributed by atoms with van der Waals surface area (Å²) >= 11 is 0. The predicted molar refractivity (Wildman–Crippen MR) is 157 cm³/mol. The van der Waals surface area contributed by atoms with Crippen LogP contribution >= 0.6 is 0 Å². The molecule has 0 radical (unpaired) electrons. The third-order valence-corrected chi connectivity index (χ3v) is 7.29. The van der Waals surface area contributed by atoms with E-state index in [9.17, 15) is 14.7 Å². The zero-order chi connectivity index (χ0) is 29.4. The van der Waals surface area contributed by atoms with Gasteiger partial charge in [-0.3, -0.25) is 14.5 Å². The van der Waals surface area contributed by atoms with Gasteiger partial charge in [-0.2, -0.15) is 0 Å². The Morgan fingerprint density at radius 1 is 1.07 bits per heavy atom. The van der Waals surface area contributed by atoms with Crippen LogP contribution < -0.4 is 14.2 Å². The third kappa shape index (κ3) is 6.92. The quantitative estimate of drug-likeness (QED) is 0.164. The maximum Gasteiger partial charge on any atom is 0.295 e. The minimum atomic E-state index is -0.793. The highest BCUT2D eigenvalue weighted by atomic mass is 16.5. The molecular weight excluding hydrogens is 524 g/mol. The smallest absolute Gasteiger partial charge is 0.295 e. The molecule has 9 nitrogen and oxygen atoms in total. The molecule has 2 saturated heterocycles. The summed E-state index contributed by atoms with van der Waals surface area (Å²) in [4.78, 5) is 30.8. The number of Topliss-reactive ketones (excluding diaryl/α,β-unsaturated/α-hetero) is 1. The zero-order valence-electron chi connectivity index (χ0n) is 24.2. The second kappa shape index (κ2) is 14.2. The first kappa shape index (κ1) is 30.1. The molecule has 0 aliphatic carbocycles. The molecule has 9 heteroatoms. The molecule has 41 heavy (non-hydrogen) atoms. The molecule has 1 atom stereocenters. The first-order valence-corrected chi connectivity index (χ1v) is 14.1. The molecule has 1 N–H and O–H groups in total. The Bertz CT molecular complexity index is 1280. The number of benzene rings is 2. The van der Waals surface area contributed by atoms with E-state index < -0.39 is 17.7 Å². The van der Waals surface area contributed by atoms with Crippen molar-refractivity contribution >= 4 is 17.4 Å². The van der Waals surface area contributed by atoms with Crippen LogP contribution in [-0.2, 0) is 14.3 Å². The second-order valence-electron chi connectivity index (χ2n) is 10.1. The van der Waals surface area contributed by atoms with E-state index in [4.69, 9.17) is 18.9 Å². The lowest BCUT2D eigenvalue weighted by molar-refractivity contribution is -0.140. The Hall–Kier alpha value is -3.82. The molecule has 2 heterocycles. The van der Waals surface area contributed by atoms with Gasteiger partial charge in [0.25, 0.3) is 11.7 Å². The number of carbonyl (C=O) groups is 2. The number of aliphatic hydroxyl groups excluding tert-OH is 1. The molecule has 2 fully saturated rings. The largest absolute Gasteiger partial charge is 0.507 e. The molecule has 4 rings (SSSR count). The van der Waals surface area contributed by atoms with Crippen LogP contribution in [-0.4, -0.2) is 86.3 Å². The summed E-state index contributed by atoms with van der Waals surface area (Å²) in [5.41, 5.74) is 1.95. The first-order chi connectivity index (χ1) is 19.9. The molecule has 2 aromatic carbocycles. The summed E-state index contributed by atoms with van der Waals surface area (Å²) < 4.78 is 22.5. The van der Waals surface area contributed by atoms with Gasteiger partial charge in [0.05, 0.1) is 38.5 Å². The number of nitrogens with zero attached hydrogens (tertiary/aromatic N) is 2. The summed E-state index contributed by atoms with van der Waals surface area (Å²) in [6.45, 7) is 12.6. The van der Waals surface area contributed by atoms with Gasteiger partial charge in [-0.1, -0.05) is 25.6 Å². The summed E-state index contributed by atoms with van der Waals surface area (Å²) in [6, 6.07) is 9.77. The van der Waals surface area contributed by atoms with Gasteiger partial charge >= 0.3 is 0 Å². The fourth-order valence-corrected chi connectivity index (χ4v) is 5.20. The second-order valence-corrected chi connectivity index (χ2v) is 10.1. The highest BCUT2D eigenvalue weighted by molar-refractivity contribution is 6.46. The van der Waals surface area contributed by atoms with Crippen molar-refractivity contribution in [2.45, 2.75) is 32.7 Å². The van der Waals surface area contributed by atoms with E-state index in [0.29, 0.717) is 67.8 Å². The number of likely N-dealkylation sites (tertiary alicyclic amines) is 1. The number of aliphatic hydroxyl groups is 1. The van der Waals surface area contributed by atoms with Crippen LogP contribution in [0.3, 0.4) is 0 Å². The highest BCUT2D eigenvalue weighted by Gasteiger charge is 2.46. The van der Waals surface area contributed by atoms with Crippen molar-refractivity contribution in [2.75, 3.05) is 59.7 Å². The number of ether oxygens (including phenoxy) is 4. The number of methoxy groups -OCH3 is 1. The molecule has 0 bridgehead atoms. The Kier molecular flexibility index (Phi) is 10.4. The fourth-order valence-electron chi connectivity index (χ4n) is 5.20. The van der Waals surface area contributed by atoms with Gasteiger partial charge in [0, 0.05) is 31.7 Å². The van der Waals surface area contributed by atoms with Crippen molar-refractivity contribution < 1.29 is 33.6 Å². The standard InChI is InChI=1S/C32H40N2O7/c1-5-16-40-25-10-9-24(20-22(25)3)30(35)28-29(23-8-11-26(41-17-6-2)27(21-23)38-4)34(32(37)31(28)36)13-7-12-33-14-18-39-19-15-33/h6,8-11,20-21,29,35H,2,5,7,12-19H2,1,3-4H3. The van der Waals surface area contributed by atoms with E-state index in [2.05, 4.69) is 11.5 Å². The van der Waals surface area contributed by atoms with Crippen LogP contribution in [0, 0.1) is 6.92 Å². The monoisotopic (exact) mass is 564 g/mol. The fraction of sp³-hybridized carbons (Fsp3) is 0.438. The number of hydrogen-bond donors (Lipinski definition) is 1. The van der Waals surface area contributed by atoms with Crippen LogP contribution in [0.1, 0.15) is 42.5 Å². The van der Waals surface area contributed by atoms with Crippen molar-refractivity contribution in [1.82, 2.24) is 9.80 Å². The zero-order valence-corrected chi connectivity index (χ0v) is 24.2. The van der Waals surface area contributed by atoms with Crippen molar-refractivity contribution in [3.05, 3.63) is 71.3 Å². The molecule has 0 aromatic heterocycles. The maximum absolute atomic E-state index is 13.5. The SMILES string of the molecule is C=CCOc1ccc(C2C(=C(O)c3ccc(OCCC)c(C)c3)C(=O)C(=O)N2CCCN2CCOCC2)cc1OC. The summed E-state index contributed by atoms with van der Waals surface area (Å²) in [6.07, 6.45) is 3.18. The van der Waals surface area contributed by atoms with Gasteiger partial charge in [0.15, 0.2) is 11.5 Å². The Balaban J connectivity index is 1.72. The van der Waals surface area contributed by atoms with E-state index >= 15 is 0 Å². The van der Waals surface area contributed by atoms with Crippen LogP contribution in [0.15, 0.2) is 54.6 Å². The molecule has 2 aliphatic heterocycles. The van der Waals surface area contributed by atoms with Crippen molar-refractivity contribution in [3.8, 4) is 17.2 Å². The summed E-state index contributed by atoms with van der Waals surface area (Å²) in [5.74, 6) is 0.108. The normalized spacial score (nSPS) is 18.9. The summed E-state index contributed by atoms with van der Waals surface area (Å²) in [7, 11) is 1.53. The van der Waals surface area contributed by atoms with E-state index in [1.807, 2.05) is 13.8 Å². The van der Waals surface area contributed by atoms with Crippen LogP contribution in [0.2, 0.25) is 0 Å². The van der Waals surface area contributed by atoms with Crippen LogP contribution in [0.25, 0.3) is 5.76 Å². The Labute approximate surface area is 241 Å². The number of rotatable bonds is 13. The number of hydrogen-bond acceptors (Lipinski definition) is 8. The minimum absolute atomic E-state index is 0.0461. The number of amides is 1. The van der Waals surface area contributed by atoms with Gasteiger partial charge in [0.2, 0.25) is 0 Å². The first-order valence-electron chi connectivity index (χ1n) is 14.1. The topological polar surface area (TPSA) is 97.8 Å². The van der Waals surface area contributed by atoms with Gasteiger partial charge in [-0.15, -0.1) is 0 Å². The predicted octanol–water partition coefficient (Wildman–Crippen LogP) is 4.50. The molecule has 1 unspecified atom stereocenters. The molecular formula is C32H40N2O7. The van der Waals surface area contributed by atoms with Crippen molar-refractivity contribution in [1.29, 1.82) is 0 Å². The van der Waals surface area contributed by atoms with Crippen LogP contribution in [0.4, 0.5) is 0 Å². The molecule has 0 saturated carbocycles. The van der Waals surface area contributed by atoms with Gasteiger partial charge in [0.1, 0.15) is 18.1 Å². The lowest BCUT2D eigenvalue weighted by Crippen LogP contribution is -2.39. The van der Waals surface area contributed by atoms with E-state index in [-0.39, 0.29) is 11.3 Å². The average molecular weight is 565 g/mol. The Morgan fingerprint density at radius 2 is 1.83 bits per heavy atom. The van der Waals surface area contributed by atoms with E-state index in [1.54, 1.807) is 47.4 Å². The average Bonchev–Trinajstić information content (AvgIpc) is 3.24.